The summed E-state index contributed by atoms with van der Waals surface area (Å²) in [5.74, 6) is 0.468. The predicted octanol–water partition coefficient (Wildman–Crippen LogP) is 1.62. The van der Waals surface area contributed by atoms with Crippen molar-refractivity contribution in [3.63, 3.8) is 0 Å². The molecule has 13 heavy (non-hydrogen) atoms. The summed E-state index contributed by atoms with van der Waals surface area (Å²) >= 11 is 0. The molecule has 0 heterocycles. The summed E-state index contributed by atoms with van der Waals surface area (Å²) in [6, 6.07) is 8.27. The largest absolute Gasteiger partial charge is 0.0918 e. The highest BCUT2D eigenvalue weighted by molar-refractivity contribution is 5.39. The number of allylic oxidation sites excluding steroid dienone is 4. The average molecular weight is 168 g/mol. The van der Waals surface area contributed by atoms with Gasteiger partial charge in [0.25, 0.3) is 0 Å². The lowest BCUT2D eigenvalue weighted by molar-refractivity contribution is 1.16. The van der Waals surface area contributed by atoms with E-state index in [9.17, 15) is 0 Å². The van der Waals surface area contributed by atoms with Crippen LogP contribution < -0.4 is 10.4 Å². The molecule has 0 saturated carbocycles. The van der Waals surface area contributed by atoms with Gasteiger partial charge in [-0.2, -0.15) is 0 Å². The van der Waals surface area contributed by atoms with E-state index in [1.807, 2.05) is 12.1 Å². The van der Waals surface area contributed by atoms with Crippen molar-refractivity contribution in [3.05, 3.63) is 59.0 Å². The maximum atomic E-state index is 3.85. The molecule has 0 radical (unpaired) electrons. The van der Waals surface area contributed by atoms with Crippen LogP contribution >= 0.6 is 0 Å². The van der Waals surface area contributed by atoms with Crippen molar-refractivity contribution in [1.29, 1.82) is 0 Å². The minimum absolute atomic E-state index is 0.468. The fourth-order valence-corrected chi connectivity index (χ4v) is 1.41. The normalized spacial score (nSPS) is 15.1. The van der Waals surface area contributed by atoms with Crippen LogP contribution in [0.4, 0.5) is 0 Å². The Hall–Kier alpha value is -1.56. The minimum atomic E-state index is 0.468. The number of benzene rings is 1. The molecule has 0 aliphatic heterocycles. The Balaban J connectivity index is 2.34. The summed E-state index contributed by atoms with van der Waals surface area (Å²) in [4.78, 5) is 0. The maximum Gasteiger partial charge on any atom is 0.0142 e. The summed E-state index contributed by atoms with van der Waals surface area (Å²) in [7, 11) is 0. The molecule has 0 heteroatoms. The zero-order valence-corrected chi connectivity index (χ0v) is 7.48. The fraction of sp³-hybridized carbons (Fsp3) is 0.0769. The van der Waals surface area contributed by atoms with Gasteiger partial charge in [-0.25, -0.2) is 0 Å². The van der Waals surface area contributed by atoms with Gasteiger partial charge in [0.1, 0.15) is 0 Å². The standard InChI is InChI=1S/C13H12/c1-11-6-8-13(9-7-11)10-12-4-2-3-5-12/h2-10,12H,1H2. The van der Waals surface area contributed by atoms with Crippen LogP contribution in [0.5, 0.6) is 0 Å². The molecular weight excluding hydrogens is 156 g/mol. The molecule has 0 unspecified atom stereocenters. The van der Waals surface area contributed by atoms with Crippen molar-refractivity contribution >= 4 is 12.7 Å². The molecule has 1 aliphatic rings. The van der Waals surface area contributed by atoms with Gasteiger partial charge in [0.05, 0.1) is 0 Å². The second kappa shape index (κ2) is 3.44. The molecule has 0 nitrogen and oxygen atoms in total. The molecule has 2 rings (SSSR count). The molecule has 1 aromatic carbocycles. The van der Waals surface area contributed by atoms with Crippen molar-refractivity contribution < 1.29 is 0 Å². The molecule has 0 spiro atoms. The first-order chi connectivity index (χ1) is 6.34. The van der Waals surface area contributed by atoms with Gasteiger partial charge in [0.15, 0.2) is 0 Å². The Labute approximate surface area is 78.2 Å². The molecule has 1 aromatic rings. The molecule has 0 saturated heterocycles. The fourth-order valence-electron chi connectivity index (χ4n) is 1.41. The second-order valence-electron chi connectivity index (χ2n) is 3.26. The zero-order chi connectivity index (χ0) is 9.10. The highest BCUT2D eigenvalue weighted by atomic mass is 14.0. The molecule has 0 amide bonds. The van der Waals surface area contributed by atoms with Crippen LogP contribution in [0.1, 0.15) is 0 Å². The lowest BCUT2D eigenvalue weighted by Gasteiger charge is -1.94. The Bertz CT molecular complexity index is 414. The average Bonchev–Trinajstić information content (AvgIpc) is 2.62. The van der Waals surface area contributed by atoms with E-state index in [1.165, 1.54) is 5.22 Å². The van der Waals surface area contributed by atoms with Crippen LogP contribution in [-0.2, 0) is 0 Å². The van der Waals surface area contributed by atoms with E-state index >= 15 is 0 Å². The zero-order valence-electron chi connectivity index (χ0n) is 7.48. The van der Waals surface area contributed by atoms with Gasteiger partial charge in [0, 0.05) is 5.92 Å². The lowest BCUT2D eigenvalue weighted by Crippen LogP contribution is -2.06. The Morgan fingerprint density at radius 1 is 1.00 bits per heavy atom. The van der Waals surface area contributed by atoms with Gasteiger partial charge in [-0.05, 0) is 10.4 Å². The summed E-state index contributed by atoms with van der Waals surface area (Å²) < 4.78 is 0. The van der Waals surface area contributed by atoms with E-state index in [0.717, 1.165) is 5.22 Å². The first kappa shape index (κ1) is 8.06. The lowest BCUT2D eigenvalue weighted by atomic mass is 10.1. The van der Waals surface area contributed by atoms with Crippen molar-refractivity contribution in [3.8, 4) is 0 Å². The molecular formula is C13H12. The number of hydrogen-bond donors (Lipinski definition) is 0. The van der Waals surface area contributed by atoms with Crippen molar-refractivity contribution in [2.45, 2.75) is 0 Å². The van der Waals surface area contributed by atoms with Gasteiger partial charge in [-0.1, -0.05) is 61.2 Å². The maximum absolute atomic E-state index is 3.85. The van der Waals surface area contributed by atoms with E-state index in [1.54, 1.807) is 0 Å². The van der Waals surface area contributed by atoms with Crippen LogP contribution in [0.15, 0.2) is 48.6 Å². The van der Waals surface area contributed by atoms with E-state index in [2.05, 4.69) is 49.1 Å². The highest BCUT2D eigenvalue weighted by Crippen LogP contribution is 2.09. The summed E-state index contributed by atoms with van der Waals surface area (Å²) in [5, 5.41) is 2.32. The van der Waals surface area contributed by atoms with Gasteiger partial charge >= 0.3 is 0 Å². The molecule has 0 atom stereocenters. The Kier molecular flexibility index (Phi) is 2.13. The van der Waals surface area contributed by atoms with Crippen LogP contribution in [-0.4, -0.2) is 0 Å². The SMILES string of the molecule is C=c1ccc(=CC2C=CC=C2)cc1. The van der Waals surface area contributed by atoms with Gasteiger partial charge in [-0.3, -0.25) is 0 Å². The minimum Gasteiger partial charge on any atom is -0.0918 e. The third kappa shape index (κ3) is 1.97. The molecule has 0 aromatic heterocycles. The van der Waals surface area contributed by atoms with Gasteiger partial charge < -0.3 is 0 Å². The molecule has 0 N–H and O–H groups in total. The first-order valence-electron chi connectivity index (χ1n) is 4.46. The third-order valence-electron chi connectivity index (χ3n) is 2.14. The van der Waals surface area contributed by atoms with Crippen molar-refractivity contribution in [1.82, 2.24) is 0 Å². The van der Waals surface area contributed by atoms with Crippen LogP contribution in [0.3, 0.4) is 0 Å². The summed E-state index contributed by atoms with van der Waals surface area (Å²) in [6.45, 7) is 3.85. The second-order valence-corrected chi connectivity index (χ2v) is 3.26. The molecule has 1 aliphatic carbocycles. The van der Waals surface area contributed by atoms with Gasteiger partial charge in [0.2, 0.25) is 0 Å². The Morgan fingerprint density at radius 3 is 2.23 bits per heavy atom. The van der Waals surface area contributed by atoms with Crippen molar-refractivity contribution in [2.24, 2.45) is 5.92 Å². The highest BCUT2D eigenvalue weighted by Gasteiger charge is 1.96. The predicted molar refractivity (Wildman–Crippen MR) is 57.4 cm³/mol. The quantitative estimate of drug-likeness (QED) is 0.597. The van der Waals surface area contributed by atoms with Crippen LogP contribution in [0.2, 0.25) is 0 Å². The Morgan fingerprint density at radius 2 is 1.62 bits per heavy atom. The van der Waals surface area contributed by atoms with E-state index < -0.39 is 0 Å². The molecule has 0 bridgehead atoms. The van der Waals surface area contributed by atoms with Crippen LogP contribution in [0, 0.1) is 5.92 Å². The first-order valence-corrected chi connectivity index (χ1v) is 4.46. The van der Waals surface area contributed by atoms with E-state index in [-0.39, 0.29) is 0 Å². The van der Waals surface area contributed by atoms with E-state index in [0.29, 0.717) is 5.92 Å². The topological polar surface area (TPSA) is 0 Å². The molecule has 64 valence electrons. The van der Waals surface area contributed by atoms with Crippen molar-refractivity contribution in [2.75, 3.05) is 0 Å². The molecule has 0 fully saturated rings. The number of hydrogen-bond acceptors (Lipinski definition) is 0. The van der Waals surface area contributed by atoms with Crippen LogP contribution in [0.25, 0.3) is 12.7 Å². The van der Waals surface area contributed by atoms with Gasteiger partial charge in [-0.15, -0.1) is 0 Å². The van der Waals surface area contributed by atoms with E-state index in [4.69, 9.17) is 0 Å². The smallest absolute Gasteiger partial charge is 0.0142 e. The summed E-state index contributed by atoms with van der Waals surface area (Å²) in [6.07, 6.45) is 10.8. The third-order valence-corrected chi connectivity index (χ3v) is 2.14. The summed E-state index contributed by atoms with van der Waals surface area (Å²) in [5.41, 5.74) is 0. The number of rotatable bonds is 1. The monoisotopic (exact) mass is 168 g/mol.